The highest BCUT2D eigenvalue weighted by atomic mass is 32.2. The zero-order chi connectivity index (χ0) is 28.6. The lowest BCUT2D eigenvalue weighted by Crippen LogP contribution is -2.29. The summed E-state index contributed by atoms with van der Waals surface area (Å²) < 4.78 is 51.9. The molecule has 4 aromatic rings. The van der Waals surface area contributed by atoms with Crippen LogP contribution in [0.15, 0.2) is 124 Å². The zero-order valence-corrected chi connectivity index (χ0v) is 22.6. The lowest BCUT2D eigenvalue weighted by atomic mass is 10.1. The third-order valence-corrected chi connectivity index (χ3v) is 7.57. The Labute approximate surface area is 234 Å². The predicted molar refractivity (Wildman–Crippen MR) is 147 cm³/mol. The number of carbonyl (C=O) groups excluding carboxylic acids is 1. The van der Waals surface area contributed by atoms with Crippen molar-refractivity contribution in [2.45, 2.75) is 40.5 Å². The lowest BCUT2D eigenvalue weighted by Gasteiger charge is -2.19. The molecule has 0 aliphatic carbocycles. The van der Waals surface area contributed by atoms with Crippen molar-refractivity contribution in [2.24, 2.45) is 0 Å². The van der Waals surface area contributed by atoms with Gasteiger partial charge < -0.3 is 14.2 Å². The highest BCUT2D eigenvalue weighted by Gasteiger charge is 2.31. The molecule has 40 heavy (non-hydrogen) atoms. The van der Waals surface area contributed by atoms with Gasteiger partial charge in [0.25, 0.3) is 0 Å². The van der Waals surface area contributed by atoms with E-state index in [0.717, 1.165) is 17.0 Å². The van der Waals surface area contributed by atoms with Gasteiger partial charge in [-0.05, 0) is 86.6 Å². The van der Waals surface area contributed by atoms with Crippen LogP contribution in [0.1, 0.15) is 19.4 Å². The number of carbonyl (C=O) groups is 1. The van der Waals surface area contributed by atoms with E-state index >= 15 is 0 Å². The highest BCUT2D eigenvalue weighted by Crippen LogP contribution is 2.32. The third kappa shape index (κ3) is 8.58. The van der Waals surface area contributed by atoms with E-state index in [1.807, 2.05) is 60.7 Å². The van der Waals surface area contributed by atoms with Gasteiger partial charge in [-0.1, -0.05) is 48.2 Å². The van der Waals surface area contributed by atoms with Crippen LogP contribution in [0.3, 0.4) is 0 Å². The summed E-state index contributed by atoms with van der Waals surface area (Å²) in [5.74, 6) is 5.18. The molecule has 0 atom stereocenters. The molecular formula is C32H26F3O4S+. The number of hydrogen-bond donors (Lipinski definition) is 0. The summed E-state index contributed by atoms with van der Waals surface area (Å²) in [5.41, 5.74) is -0.703. The van der Waals surface area contributed by atoms with E-state index in [9.17, 15) is 18.0 Å². The van der Waals surface area contributed by atoms with Crippen molar-refractivity contribution in [1.29, 1.82) is 0 Å². The molecule has 0 amide bonds. The summed E-state index contributed by atoms with van der Waals surface area (Å²) in [6.07, 6.45) is -4.76. The van der Waals surface area contributed by atoms with Crippen molar-refractivity contribution < 1.29 is 32.2 Å². The smallest absolute Gasteiger partial charge is 0.482 e. The largest absolute Gasteiger partial charge is 0.573 e. The second kappa shape index (κ2) is 12.7. The summed E-state index contributed by atoms with van der Waals surface area (Å²) >= 11 is 0. The Morgan fingerprint density at radius 1 is 0.725 bits per heavy atom. The summed E-state index contributed by atoms with van der Waals surface area (Å²) in [6.45, 7) is 2.92. The molecule has 0 saturated heterocycles. The van der Waals surface area contributed by atoms with Crippen LogP contribution < -0.4 is 9.47 Å². The summed E-state index contributed by atoms with van der Waals surface area (Å²) in [7, 11) is -0.293. The van der Waals surface area contributed by atoms with Crippen molar-refractivity contribution in [3.8, 4) is 23.3 Å². The van der Waals surface area contributed by atoms with Gasteiger partial charge in [0.15, 0.2) is 26.9 Å². The fraction of sp³-hybridized carbons (Fsp3) is 0.156. The number of hydrogen-bond acceptors (Lipinski definition) is 4. The van der Waals surface area contributed by atoms with Crippen LogP contribution in [0.2, 0.25) is 0 Å². The zero-order valence-electron chi connectivity index (χ0n) is 21.8. The Morgan fingerprint density at radius 3 is 1.75 bits per heavy atom. The van der Waals surface area contributed by atoms with Gasteiger partial charge >= 0.3 is 12.3 Å². The molecule has 0 fully saturated rings. The number of alkyl halides is 3. The first-order valence-electron chi connectivity index (χ1n) is 12.3. The molecular weight excluding hydrogens is 537 g/mol. The van der Waals surface area contributed by atoms with Crippen LogP contribution in [0.5, 0.6) is 11.5 Å². The lowest BCUT2D eigenvalue weighted by molar-refractivity contribution is -0.274. The molecule has 4 rings (SSSR count). The number of esters is 1. The molecule has 0 heterocycles. The van der Waals surface area contributed by atoms with Crippen molar-refractivity contribution >= 4 is 16.9 Å². The molecule has 0 spiro atoms. The average molecular weight is 564 g/mol. The third-order valence-electron chi connectivity index (χ3n) is 5.34. The van der Waals surface area contributed by atoms with E-state index in [1.54, 1.807) is 13.8 Å². The maximum atomic E-state index is 12.4. The Bertz CT molecular complexity index is 1420. The van der Waals surface area contributed by atoms with Crippen LogP contribution >= 0.6 is 0 Å². The van der Waals surface area contributed by atoms with Gasteiger partial charge in [-0.15, -0.1) is 13.2 Å². The monoisotopic (exact) mass is 563 g/mol. The van der Waals surface area contributed by atoms with E-state index < -0.39 is 17.9 Å². The van der Waals surface area contributed by atoms with E-state index in [-0.39, 0.29) is 23.3 Å². The fourth-order valence-corrected chi connectivity index (χ4v) is 5.72. The molecule has 0 aromatic heterocycles. The van der Waals surface area contributed by atoms with Crippen molar-refractivity contribution in [3.63, 3.8) is 0 Å². The molecule has 0 saturated carbocycles. The second-order valence-corrected chi connectivity index (χ2v) is 11.0. The molecule has 0 bridgehead atoms. The van der Waals surface area contributed by atoms with Gasteiger partial charge in [0.1, 0.15) is 11.5 Å². The Kier molecular flexibility index (Phi) is 9.08. The summed E-state index contributed by atoms with van der Waals surface area (Å²) in [4.78, 5) is 15.9. The maximum Gasteiger partial charge on any atom is 0.573 e. The van der Waals surface area contributed by atoms with Crippen molar-refractivity contribution in [3.05, 3.63) is 115 Å². The van der Waals surface area contributed by atoms with Crippen molar-refractivity contribution in [1.82, 2.24) is 0 Å². The van der Waals surface area contributed by atoms with Crippen LogP contribution in [-0.2, 0) is 20.4 Å². The Hall–Kier alpha value is -4.35. The van der Waals surface area contributed by atoms with Crippen LogP contribution in [0.4, 0.5) is 13.2 Å². The summed E-state index contributed by atoms with van der Waals surface area (Å²) in [5, 5.41) is 0. The fourth-order valence-electron chi connectivity index (χ4n) is 3.64. The molecule has 0 aliphatic heterocycles. The molecule has 0 aliphatic rings. The number of ether oxygens (including phenoxy) is 3. The van der Waals surface area contributed by atoms with Gasteiger partial charge in [0.2, 0.25) is 0 Å². The van der Waals surface area contributed by atoms with Crippen LogP contribution in [0, 0.1) is 11.8 Å². The molecule has 0 radical (unpaired) electrons. The minimum Gasteiger partial charge on any atom is -0.482 e. The van der Waals surface area contributed by atoms with Gasteiger partial charge in [0, 0.05) is 5.56 Å². The SMILES string of the molecule is CC(C)(C#Cc1ccc(OC(F)(F)F)cc1)OC(=O)COc1ccc([S+](c2ccccc2)c2ccccc2)cc1. The first-order valence-corrected chi connectivity index (χ1v) is 13.5. The molecule has 4 nitrogen and oxygen atoms in total. The minimum absolute atomic E-state index is 0.293. The Morgan fingerprint density at radius 2 is 1.23 bits per heavy atom. The minimum atomic E-state index is -4.76. The van der Waals surface area contributed by atoms with Crippen LogP contribution in [0.25, 0.3) is 0 Å². The topological polar surface area (TPSA) is 44.8 Å². The molecule has 4 aromatic carbocycles. The first-order chi connectivity index (χ1) is 19.1. The van der Waals surface area contributed by atoms with Gasteiger partial charge in [0.05, 0.1) is 10.9 Å². The van der Waals surface area contributed by atoms with E-state index in [2.05, 4.69) is 40.8 Å². The quantitative estimate of drug-likeness (QED) is 0.127. The number of benzene rings is 4. The maximum absolute atomic E-state index is 12.4. The average Bonchev–Trinajstić information content (AvgIpc) is 2.93. The van der Waals surface area contributed by atoms with E-state index in [4.69, 9.17) is 9.47 Å². The van der Waals surface area contributed by atoms with Gasteiger partial charge in [-0.3, -0.25) is 0 Å². The molecule has 0 unspecified atom stereocenters. The second-order valence-electron chi connectivity index (χ2n) is 9.00. The van der Waals surface area contributed by atoms with E-state index in [0.29, 0.717) is 11.3 Å². The molecule has 8 heteroatoms. The Balaban J connectivity index is 1.35. The van der Waals surface area contributed by atoms with Crippen molar-refractivity contribution in [2.75, 3.05) is 6.61 Å². The van der Waals surface area contributed by atoms with Crippen LogP contribution in [-0.4, -0.2) is 24.5 Å². The van der Waals surface area contributed by atoms with E-state index in [1.165, 1.54) is 21.9 Å². The predicted octanol–water partition coefficient (Wildman–Crippen LogP) is 7.43. The number of rotatable bonds is 8. The van der Waals surface area contributed by atoms with Gasteiger partial charge in [-0.2, -0.15) is 0 Å². The first kappa shape index (κ1) is 28.7. The standard InChI is InChI=1S/C32H26F3O4S/c1-31(2,22-21-24-13-15-26(16-14-24)38-32(33,34)35)39-30(36)23-37-25-17-19-29(20-18-25)40(27-9-5-3-6-10-27)28-11-7-4-8-12-28/h3-20H,23H2,1-2H3/q+1. The molecule has 0 N–H and O–H groups in total. The highest BCUT2D eigenvalue weighted by molar-refractivity contribution is 7.97. The normalized spacial score (nSPS) is 11.3. The van der Waals surface area contributed by atoms with Gasteiger partial charge in [-0.25, -0.2) is 4.79 Å². The molecule has 204 valence electrons. The summed E-state index contributed by atoms with van der Waals surface area (Å²) in [6, 6.07) is 33.3. The number of halogens is 3.